The molecule has 2 aromatic heterocycles. The molecular formula is C19H18O6. The zero-order chi connectivity index (χ0) is 18.1. The Morgan fingerprint density at radius 2 is 2.00 bits per heavy atom. The Hall–Kier alpha value is -3.02. The molecular weight excluding hydrogens is 324 g/mol. The van der Waals surface area contributed by atoms with Crippen molar-refractivity contribution in [2.24, 2.45) is 0 Å². The first-order chi connectivity index (χ1) is 11.9. The van der Waals surface area contributed by atoms with Crippen molar-refractivity contribution in [2.75, 3.05) is 7.11 Å². The van der Waals surface area contributed by atoms with Crippen molar-refractivity contribution in [3.05, 3.63) is 51.9 Å². The highest BCUT2D eigenvalue weighted by molar-refractivity contribution is 5.84. The van der Waals surface area contributed by atoms with E-state index in [1.807, 2.05) is 19.9 Å². The summed E-state index contributed by atoms with van der Waals surface area (Å²) in [5.74, 6) is -0.188. The van der Waals surface area contributed by atoms with E-state index >= 15 is 0 Å². The second kappa shape index (κ2) is 6.47. The lowest BCUT2D eigenvalue weighted by Gasteiger charge is -2.15. The van der Waals surface area contributed by atoms with Crippen LogP contribution in [-0.4, -0.2) is 19.2 Å². The minimum Gasteiger partial charge on any atom is -0.471 e. The fraction of sp³-hybridized carbons (Fsp3) is 0.263. The number of aryl methyl sites for hydroxylation is 2. The van der Waals surface area contributed by atoms with E-state index < -0.39 is 12.1 Å². The van der Waals surface area contributed by atoms with E-state index in [1.165, 1.54) is 20.3 Å². The average molecular weight is 342 g/mol. The number of fused-ring (bicyclic) bond motifs is 1. The molecule has 1 atom stereocenters. The molecule has 0 aliphatic heterocycles. The Bertz CT molecular complexity index is 981. The maximum Gasteiger partial charge on any atom is 0.346 e. The smallest absolute Gasteiger partial charge is 0.346 e. The van der Waals surface area contributed by atoms with Gasteiger partial charge in [-0.1, -0.05) is 6.07 Å². The Balaban J connectivity index is 2.28. The minimum atomic E-state index is -0.968. The Morgan fingerprint density at radius 1 is 1.24 bits per heavy atom. The molecule has 25 heavy (non-hydrogen) atoms. The van der Waals surface area contributed by atoms with Crippen LogP contribution in [0.5, 0.6) is 5.75 Å². The number of esters is 1. The van der Waals surface area contributed by atoms with Crippen molar-refractivity contribution in [3.8, 4) is 17.3 Å². The largest absolute Gasteiger partial charge is 0.471 e. The molecule has 0 saturated heterocycles. The number of hydrogen-bond acceptors (Lipinski definition) is 6. The van der Waals surface area contributed by atoms with Gasteiger partial charge >= 0.3 is 5.97 Å². The Kier molecular flexibility index (Phi) is 4.35. The highest BCUT2D eigenvalue weighted by Crippen LogP contribution is 2.33. The van der Waals surface area contributed by atoms with Crippen LogP contribution in [0.2, 0.25) is 0 Å². The third-order valence-corrected chi connectivity index (χ3v) is 3.85. The molecule has 0 amide bonds. The first kappa shape index (κ1) is 16.8. The van der Waals surface area contributed by atoms with E-state index in [-0.39, 0.29) is 16.9 Å². The van der Waals surface area contributed by atoms with Crippen LogP contribution in [0.3, 0.4) is 0 Å². The monoisotopic (exact) mass is 342 g/mol. The van der Waals surface area contributed by atoms with Crippen LogP contribution in [0.15, 0.2) is 44.2 Å². The summed E-state index contributed by atoms with van der Waals surface area (Å²) in [6.07, 6.45) is 0.500. The number of furan rings is 1. The molecule has 0 N–H and O–H groups in total. The summed E-state index contributed by atoms with van der Waals surface area (Å²) in [5, 5.41) is 0.389. The number of methoxy groups -OCH3 is 1. The van der Waals surface area contributed by atoms with Crippen molar-refractivity contribution in [2.45, 2.75) is 26.9 Å². The van der Waals surface area contributed by atoms with Crippen molar-refractivity contribution in [1.82, 2.24) is 0 Å². The summed E-state index contributed by atoms with van der Waals surface area (Å²) < 4.78 is 21.6. The van der Waals surface area contributed by atoms with Crippen LogP contribution in [0.4, 0.5) is 0 Å². The van der Waals surface area contributed by atoms with Gasteiger partial charge in [0.2, 0.25) is 16.9 Å². The Morgan fingerprint density at radius 3 is 2.64 bits per heavy atom. The molecule has 6 nitrogen and oxygen atoms in total. The van der Waals surface area contributed by atoms with E-state index in [9.17, 15) is 9.59 Å². The number of rotatable bonds is 4. The number of hydrogen-bond donors (Lipinski definition) is 0. The first-order valence-corrected chi connectivity index (χ1v) is 7.78. The van der Waals surface area contributed by atoms with Crippen molar-refractivity contribution >= 4 is 16.9 Å². The molecule has 1 aromatic carbocycles. The fourth-order valence-electron chi connectivity index (χ4n) is 2.70. The maximum atomic E-state index is 13.0. The van der Waals surface area contributed by atoms with Crippen LogP contribution in [0.25, 0.3) is 22.5 Å². The number of ether oxygens (including phenoxy) is 2. The van der Waals surface area contributed by atoms with E-state index in [0.717, 1.165) is 11.1 Å². The summed E-state index contributed by atoms with van der Waals surface area (Å²) in [4.78, 5) is 24.7. The van der Waals surface area contributed by atoms with Crippen molar-refractivity contribution < 1.29 is 23.1 Å². The molecule has 0 aliphatic carbocycles. The SMILES string of the molecule is COC(=O)[C@H](C)Oc1c(-c2ccco2)oc2c(C)cc(C)cc2c1=O. The zero-order valence-electron chi connectivity index (χ0n) is 14.4. The van der Waals surface area contributed by atoms with Gasteiger partial charge in [0.15, 0.2) is 11.9 Å². The summed E-state index contributed by atoms with van der Waals surface area (Å²) >= 11 is 0. The molecule has 3 aromatic rings. The topological polar surface area (TPSA) is 78.9 Å². The Labute approximate surface area is 144 Å². The third-order valence-electron chi connectivity index (χ3n) is 3.85. The van der Waals surface area contributed by atoms with Crippen molar-refractivity contribution in [3.63, 3.8) is 0 Å². The van der Waals surface area contributed by atoms with Crippen LogP contribution in [-0.2, 0) is 9.53 Å². The van der Waals surface area contributed by atoms with Crippen molar-refractivity contribution in [1.29, 1.82) is 0 Å². The second-order valence-corrected chi connectivity index (χ2v) is 5.81. The van der Waals surface area contributed by atoms with Gasteiger partial charge in [0.25, 0.3) is 0 Å². The summed E-state index contributed by atoms with van der Waals surface area (Å²) in [5.41, 5.74) is 1.85. The van der Waals surface area contributed by atoms with E-state index in [0.29, 0.717) is 16.7 Å². The van der Waals surface area contributed by atoms with Gasteiger partial charge in [-0.2, -0.15) is 0 Å². The lowest BCUT2D eigenvalue weighted by atomic mass is 10.1. The predicted octanol–water partition coefficient (Wildman–Crippen LogP) is 3.61. The lowest BCUT2D eigenvalue weighted by molar-refractivity contribution is -0.147. The quantitative estimate of drug-likeness (QED) is 0.674. The number of carbonyl (C=O) groups excluding carboxylic acids is 1. The highest BCUT2D eigenvalue weighted by Gasteiger charge is 2.25. The van der Waals surface area contributed by atoms with Gasteiger partial charge in [0, 0.05) is 0 Å². The van der Waals surface area contributed by atoms with Gasteiger partial charge in [0.1, 0.15) is 5.58 Å². The maximum absolute atomic E-state index is 13.0. The van der Waals surface area contributed by atoms with Gasteiger partial charge in [-0.05, 0) is 50.1 Å². The number of carbonyl (C=O) groups is 1. The number of benzene rings is 1. The normalized spacial score (nSPS) is 12.2. The lowest BCUT2D eigenvalue weighted by Crippen LogP contribution is -2.27. The molecule has 0 fully saturated rings. The van der Waals surface area contributed by atoms with Crippen LogP contribution in [0, 0.1) is 13.8 Å². The summed E-state index contributed by atoms with van der Waals surface area (Å²) in [6.45, 7) is 5.26. The van der Waals surface area contributed by atoms with Crippen LogP contribution >= 0.6 is 0 Å². The van der Waals surface area contributed by atoms with Gasteiger partial charge < -0.3 is 18.3 Å². The van der Waals surface area contributed by atoms with E-state index in [4.69, 9.17) is 13.6 Å². The molecule has 0 aliphatic rings. The summed E-state index contributed by atoms with van der Waals surface area (Å²) in [6, 6.07) is 6.99. The molecule has 2 heterocycles. The summed E-state index contributed by atoms with van der Waals surface area (Å²) in [7, 11) is 1.26. The zero-order valence-corrected chi connectivity index (χ0v) is 14.4. The van der Waals surface area contributed by atoms with Gasteiger partial charge in [-0.25, -0.2) is 4.79 Å². The fourth-order valence-corrected chi connectivity index (χ4v) is 2.70. The third kappa shape index (κ3) is 3.03. The van der Waals surface area contributed by atoms with Crippen LogP contribution in [0.1, 0.15) is 18.1 Å². The molecule has 0 saturated carbocycles. The predicted molar refractivity (Wildman–Crippen MR) is 91.8 cm³/mol. The molecule has 0 unspecified atom stereocenters. The standard InChI is InChI=1S/C19H18O6/c1-10-8-11(2)16-13(9-10)15(20)18(24-12(3)19(21)22-4)17(25-16)14-6-5-7-23-14/h5-9,12H,1-4H3/t12-/m0/s1. The van der Waals surface area contributed by atoms with E-state index in [2.05, 4.69) is 4.74 Å². The first-order valence-electron chi connectivity index (χ1n) is 7.78. The molecule has 0 spiro atoms. The van der Waals surface area contributed by atoms with E-state index in [1.54, 1.807) is 18.2 Å². The molecule has 0 bridgehead atoms. The minimum absolute atomic E-state index is 0.0784. The highest BCUT2D eigenvalue weighted by atomic mass is 16.6. The molecule has 0 radical (unpaired) electrons. The van der Waals surface area contributed by atoms with Gasteiger partial charge in [0.05, 0.1) is 18.8 Å². The van der Waals surface area contributed by atoms with Gasteiger partial charge in [-0.15, -0.1) is 0 Å². The second-order valence-electron chi connectivity index (χ2n) is 5.81. The van der Waals surface area contributed by atoms with Gasteiger partial charge in [-0.3, -0.25) is 4.79 Å². The van der Waals surface area contributed by atoms with Crippen LogP contribution < -0.4 is 10.2 Å². The molecule has 6 heteroatoms. The molecule has 130 valence electrons. The molecule has 3 rings (SSSR count). The average Bonchev–Trinajstić information content (AvgIpc) is 3.11.